The fraction of sp³-hybridized carbons (Fsp3) is 0.250. The van der Waals surface area contributed by atoms with E-state index in [1.165, 1.54) is 17.5 Å². The standard InChI is InChI=1S/C16H20Si/c1-14-6-8-15(9-7-14)10-13-17-16(2)11-4-3-5-12-16/h3-11,13H,12,17H2,1-2H3. The highest BCUT2D eigenvalue weighted by molar-refractivity contribution is 6.48. The SMILES string of the molecule is Cc1ccc(C=C[SiH2]C2(C)C=CC=CC2)cc1. The van der Waals surface area contributed by atoms with Crippen molar-refractivity contribution < 1.29 is 0 Å². The Bertz CT molecular complexity index is 451. The van der Waals surface area contributed by atoms with Crippen LogP contribution in [0.4, 0.5) is 0 Å². The minimum atomic E-state index is -0.203. The first kappa shape index (κ1) is 12.1. The van der Waals surface area contributed by atoms with E-state index in [4.69, 9.17) is 0 Å². The van der Waals surface area contributed by atoms with Gasteiger partial charge in [-0.3, -0.25) is 0 Å². The molecule has 0 saturated carbocycles. The molecule has 1 atom stereocenters. The van der Waals surface area contributed by atoms with Crippen LogP contribution in [0.3, 0.4) is 0 Å². The monoisotopic (exact) mass is 240 g/mol. The van der Waals surface area contributed by atoms with E-state index < -0.39 is 0 Å². The van der Waals surface area contributed by atoms with Crippen molar-refractivity contribution in [3.05, 3.63) is 65.4 Å². The summed E-state index contributed by atoms with van der Waals surface area (Å²) in [5.74, 6) is 0. The molecule has 1 aromatic rings. The first-order valence-corrected chi connectivity index (χ1v) is 7.78. The Balaban J connectivity index is 1.96. The number of aryl methyl sites for hydroxylation is 1. The molecular weight excluding hydrogens is 220 g/mol. The average molecular weight is 240 g/mol. The lowest BCUT2D eigenvalue weighted by atomic mass is 10.0. The molecule has 0 spiro atoms. The second-order valence-corrected chi connectivity index (χ2v) is 7.66. The van der Waals surface area contributed by atoms with E-state index >= 15 is 0 Å². The van der Waals surface area contributed by atoms with Crippen LogP contribution in [-0.4, -0.2) is 9.52 Å². The van der Waals surface area contributed by atoms with Gasteiger partial charge in [0.25, 0.3) is 0 Å². The van der Waals surface area contributed by atoms with Crippen molar-refractivity contribution in [2.45, 2.75) is 25.3 Å². The van der Waals surface area contributed by atoms with Crippen LogP contribution in [0.1, 0.15) is 24.5 Å². The van der Waals surface area contributed by atoms with Gasteiger partial charge in [-0.15, -0.1) is 0 Å². The zero-order chi connectivity index (χ0) is 12.1. The molecule has 17 heavy (non-hydrogen) atoms. The molecule has 2 rings (SSSR count). The van der Waals surface area contributed by atoms with E-state index in [0.717, 1.165) is 0 Å². The molecule has 88 valence electrons. The van der Waals surface area contributed by atoms with Crippen molar-refractivity contribution in [3.63, 3.8) is 0 Å². The molecule has 1 aliphatic rings. The van der Waals surface area contributed by atoms with Gasteiger partial charge in [-0.2, -0.15) is 0 Å². The van der Waals surface area contributed by atoms with E-state index in [0.29, 0.717) is 5.04 Å². The summed E-state index contributed by atoms with van der Waals surface area (Å²) >= 11 is 0. The minimum absolute atomic E-state index is 0.203. The topological polar surface area (TPSA) is 0 Å². The fourth-order valence-electron chi connectivity index (χ4n) is 2.06. The van der Waals surface area contributed by atoms with Gasteiger partial charge in [-0.1, -0.05) is 72.8 Å². The molecule has 0 N–H and O–H groups in total. The predicted octanol–water partition coefficient (Wildman–Crippen LogP) is 3.83. The van der Waals surface area contributed by atoms with E-state index in [2.05, 4.69) is 74.2 Å². The Morgan fingerprint density at radius 3 is 2.59 bits per heavy atom. The molecule has 0 fully saturated rings. The third-order valence-electron chi connectivity index (χ3n) is 3.30. The first-order valence-electron chi connectivity index (χ1n) is 6.26. The molecule has 0 bridgehead atoms. The van der Waals surface area contributed by atoms with Crippen LogP contribution in [0, 0.1) is 6.92 Å². The summed E-state index contributed by atoms with van der Waals surface area (Å²) in [6.07, 6.45) is 12.5. The van der Waals surface area contributed by atoms with E-state index in [1.54, 1.807) is 0 Å². The second kappa shape index (κ2) is 5.33. The first-order chi connectivity index (χ1) is 8.18. The molecule has 1 heteroatoms. The lowest BCUT2D eigenvalue weighted by molar-refractivity contribution is 0.757. The van der Waals surface area contributed by atoms with Crippen LogP contribution in [0.2, 0.25) is 5.04 Å². The van der Waals surface area contributed by atoms with E-state index in [-0.39, 0.29) is 9.52 Å². The van der Waals surface area contributed by atoms with Crippen LogP contribution in [0.15, 0.2) is 54.3 Å². The lowest BCUT2D eigenvalue weighted by Crippen LogP contribution is -2.13. The van der Waals surface area contributed by atoms with Gasteiger partial charge < -0.3 is 0 Å². The third kappa shape index (κ3) is 3.57. The molecule has 1 unspecified atom stereocenters. The molecular formula is C16H20Si. The fourth-order valence-corrected chi connectivity index (χ4v) is 3.60. The van der Waals surface area contributed by atoms with Gasteiger partial charge in [0.05, 0.1) is 9.52 Å². The average Bonchev–Trinajstić information content (AvgIpc) is 2.32. The Labute approximate surface area is 107 Å². The minimum Gasteiger partial charge on any atom is -0.1000 e. The molecule has 0 heterocycles. The summed E-state index contributed by atoms with van der Waals surface area (Å²) < 4.78 is 0. The highest BCUT2D eigenvalue weighted by Gasteiger charge is 2.19. The van der Waals surface area contributed by atoms with Crippen LogP contribution in [0.5, 0.6) is 0 Å². The van der Waals surface area contributed by atoms with Crippen LogP contribution < -0.4 is 0 Å². The number of benzene rings is 1. The van der Waals surface area contributed by atoms with Crippen molar-refractivity contribution in [1.29, 1.82) is 0 Å². The van der Waals surface area contributed by atoms with Gasteiger partial charge in [0.15, 0.2) is 0 Å². The highest BCUT2D eigenvalue weighted by atomic mass is 28.2. The number of hydrogen-bond donors (Lipinski definition) is 0. The predicted molar refractivity (Wildman–Crippen MR) is 80.0 cm³/mol. The quantitative estimate of drug-likeness (QED) is 0.704. The van der Waals surface area contributed by atoms with Gasteiger partial charge >= 0.3 is 0 Å². The maximum atomic E-state index is 2.42. The van der Waals surface area contributed by atoms with Crippen molar-refractivity contribution in [1.82, 2.24) is 0 Å². The number of rotatable bonds is 3. The molecule has 0 nitrogen and oxygen atoms in total. The molecule has 0 aliphatic heterocycles. The Hall–Kier alpha value is -1.34. The zero-order valence-electron chi connectivity index (χ0n) is 10.7. The summed E-state index contributed by atoms with van der Waals surface area (Å²) in [7, 11) is -0.203. The molecule has 0 aromatic heterocycles. The van der Waals surface area contributed by atoms with Crippen LogP contribution in [-0.2, 0) is 0 Å². The Morgan fingerprint density at radius 2 is 1.94 bits per heavy atom. The van der Waals surface area contributed by atoms with Gasteiger partial charge in [0.2, 0.25) is 0 Å². The second-order valence-electron chi connectivity index (χ2n) is 5.16. The maximum Gasteiger partial charge on any atom is 0.0564 e. The van der Waals surface area contributed by atoms with Gasteiger partial charge in [-0.05, 0) is 23.9 Å². The van der Waals surface area contributed by atoms with Crippen molar-refractivity contribution in [2.24, 2.45) is 0 Å². The van der Waals surface area contributed by atoms with Crippen molar-refractivity contribution in [2.75, 3.05) is 0 Å². The normalized spacial score (nSPS) is 24.1. The smallest absolute Gasteiger partial charge is 0.0564 e. The van der Waals surface area contributed by atoms with Crippen molar-refractivity contribution >= 4 is 15.6 Å². The summed E-state index contributed by atoms with van der Waals surface area (Å²) in [5.41, 5.74) is 5.07. The zero-order valence-corrected chi connectivity index (χ0v) is 12.1. The highest BCUT2D eigenvalue weighted by Crippen LogP contribution is 2.33. The molecule has 0 amide bonds. The number of hydrogen-bond acceptors (Lipinski definition) is 0. The van der Waals surface area contributed by atoms with Gasteiger partial charge in [0, 0.05) is 0 Å². The molecule has 0 radical (unpaired) electrons. The summed E-state index contributed by atoms with van der Waals surface area (Å²) in [5, 5.41) is 0.440. The van der Waals surface area contributed by atoms with E-state index in [1.807, 2.05) is 0 Å². The Kier molecular flexibility index (Phi) is 3.80. The number of allylic oxidation sites excluding steroid dienone is 4. The van der Waals surface area contributed by atoms with Crippen LogP contribution in [0.25, 0.3) is 6.08 Å². The molecule has 1 aromatic carbocycles. The summed E-state index contributed by atoms with van der Waals surface area (Å²) in [4.78, 5) is 0. The molecule has 1 aliphatic carbocycles. The molecule has 0 saturated heterocycles. The largest absolute Gasteiger partial charge is 0.1000 e. The lowest BCUT2D eigenvalue weighted by Gasteiger charge is -2.24. The van der Waals surface area contributed by atoms with E-state index in [9.17, 15) is 0 Å². The van der Waals surface area contributed by atoms with Gasteiger partial charge in [0.1, 0.15) is 0 Å². The van der Waals surface area contributed by atoms with Gasteiger partial charge in [-0.25, -0.2) is 0 Å². The summed E-state index contributed by atoms with van der Waals surface area (Å²) in [6.45, 7) is 4.50. The Morgan fingerprint density at radius 1 is 1.18 bits per heavy atom. The van der Waals surface area contributed by atoms with Crippen molar-refractivity contribution in [3.8, 4) is 0 Å². The maximum absolute atomic E-state index is 2.42. The van der Waals surface area contributed by atoms with Crippen LogP contribution >= 0.6 is 0 Å². The summed E-state index contributed by atoms with van der Waals surface area (Å²) in [6, 6.07) is 8.73. The third-order valence-corrected chi connectivity index (χ3v) is 5.23.